The Balaban J connectivity index is 0.562. The predicted octanol–water partition coefficient (Wildman–Crippen LogP) is 24.8. The van der Waals surface area contributed by atoms with Gasteiger partial charge in [-0.25, -0.2) is 29.9 Å². The molecule has 2 spiro atoms. The molecule has 2 aliphatic carbocycles. The van der Waals surface area contributed by atoms with E-state index in [1.807, 2.05) is 48.5 Å². The molecule has 2 aliphatic heterocycles. The van der Waals surface area contributed by atoms with Gasteiger partial charge in [0.2, 0.25) is 0 Å². The van der Waals surface area contributed by atoms with Crippen LogP contribution in [0.25, 0.3) is 146 Å². The van der Waals surface area contributed by atoms with Crippen LogP contribution in [0.1, 0.15) is 44.5 Å². The Morgan fingerprint density at radius 3 is 0.864 bits per heavy atom. The van der Waals surface area contributed by atoms with Crippen molar-refractivity contribution < 1.29 is 9.47 Å². The largest absolute Gasteiger partial charge is 0.457 e. The maximum atomic E-state index is 7.05. The number of benzene rings is 16. The van der Waals surface area contributed by atoms with Gasteiger partial charge in [-0.05, 0) is 124 Å². The van der Waals surface area contributed by atoms with Gasteiger partial charge in [-0.15, -0.1) is 0 Å². The van der Waals surface area contributed by atoms with Crippen LogP contribution >= 0.6 is 0 Å². The minimum atomic E-state index is -0.584. The number of hydrogen-bond donors (Lipinski definition) is 0. The molecule has 0 atom stereocenters. The molecule has 8 nitrogen and oxygen atoms in total. The predicted molar refractivity (Wildman–Crippen MR) is 440 cm³/mol. The summed E-state index contributed by atoms with van der Waals surface area (Å²) in [4.78, 5) is 31.5. The molecule has 110 heavy (non-hydrogen) atoms. The number of aromatic nitrogens is 6. The molecule has 22 rings (SSSR count). The second kappa shape index (κ2) is 25.0. The lowest BCUT2D eigenvalue weighted by molar-refractivity contribution is 0.436. The van der Waals surface area contributed by atoms with Gasteiger partial charge in [-0.2, -0.15) is 0 Å². The quantitative estimate of drug-likeness (QED) is 0.134. The Kier molecular flexibility index (Phi) is 14.3. The molecule has 18 aromatic rings. The molecule has 0 saturated carbocycles. The van der Waals surface area contributed by atoms with Crippen LogP contribution in [0.15, 0.2) is 376 Å². The van der Waals surface area contributed by atoms with Crippen LogP contribution in [0.2, 0.25) is 0 Å². The SMILES string of the molecule is c1ccc(-c2nc(-c3ccc(-c4ccc(-c5ccc6c(c5)Oc5ccccc5C65c6ccccc6-c6ccccc65)cc4)cc3)nc(-c3ccc(-c4ccc(-c5nc(-c6ccccc6)nc(-c6c(-c7ccc8c(c7)Oc7ccccc7C87c8ccccc8-c8ccccc87)ccc7ccccc67)n5)cc4)cc3)n2)cc1. The summed E-state index contributed by atoms with van der Waals surface area (Å²) in [5, 5.41) is 2.10. The number of para-hydroxylation sites is 2. The summed E-state index contributed by atoms with van der Waals surface area (Å²) in [6.07, 6.45) is 0. The Bertz CT molecular complexity index is 6670. The molecular weight excluding hydrogens is 1340 g/mol. The van der Waals surface area contributed by atoms with E-state index in [0.29, 0.717) is 34.9 Å². The maximum absolute atomic E-state index is 7.05. The van der Waals surface area contributed by atoms with Gasteiger partial charge in [0.15, 0.2) is 34.9 Å². The zero-order valence-electron chi connectivity index (χ0n) is 59.3. The summed E-state index contributed by atoms with van der Waals surface area (Å²) in [7, 11) is 0. The lowest BCUT2D eigenvalue weighted by atomic mass is 9.66. The molecule has 16 aromatic carbocycles. The normalized spacial score (nSPS) is 13.2. The molecule has 4 aliphatic rings. The van der Waals surface area contributed by atoms with E-state index in [-0.39, 0.29) is 0 Å². The first-order chi connectivity index (χ1) is 54.5. The molecular formula is C102H62N6O2. The number of hydrogen-bond acceptors (Lipinski definition) is 8. The lowest BCUT2D eigenvalue weighted by Crippen LogP contribution is -2.32. The molecule has 512 valence electrons. The van der Waals surface area contributed by atoms with Crippen LogP contribution in [-0.2, 0) is 10.8 Å². The van der Waals surface area contributed by atoms with Crippen molar-refractivity contribution in [2.45, 2.75) is 10.8 Å². The molecule has 2 aromatic heterocycles. The summed E-state index contributed by atoms with van der Waals surface area (Å²) in [6, 6.07) is 133. The fraction of sp³-hybridized carbons (Fsp3) is 0.0196. The van der Waals surface area contributed by atoms with E-state index >= 15 is 0 Å². The third-order valence-electron chi connectivity index (χ3n) is 22.8. The van der Waals surface area contributed by atoms with Crippen molar-refractivity contribution in [1.82, 2.24) is 29.9 Å². The summed E-state index contributed by atoms with van der Waals surface area (Å²) in [5.74, 6) is 6.86. The molecule has 4 heterocycles. The fourth-order valence-electron chi connectivity index (χ4n) is 17.8. The molecule has 0 saturated heterocycles. The third kappa shape index (κ3) is 9.79. The highest BCUT2D eigenvalue weighted by Crippen LogP contribution is 2.64. The van der Waals surface area contributed by atoms with Crippen LogP contribution in [0.5, 0.6) is 23.0 Å². The van der Waals surface area contributed by atoms with E-state index in [0.717, 1.165) is 134 Å². The van der Waals surface area contributed by atoms with Gasteiger partial charge in [0.05, 0.1) is 10.8 Å². The smallest absolute Gasteiger partial charge is 0.165 e. The summed E-state index contributed by atoms with van der Waals surface area (Å²) >= 11 is 0. The van der Waals surface area contributed by atoms with Crippen molar-refractivity contribution in [1.29, 1.82) is 0 Å². The topological polar surface area (TPSA) is 95.8 Å². The number of rotatable bonds is 10. The number of nitrogens with zero attached hydrogens (tertiary/aromatic N) is 6. The fourth-order valence-corrected chi connectivity index (χ4v) is 17.8. The summed E-state index contributed by atoms with van der Waals surface area (Å²) < 4.78 is 13.9. The monoisotopic (exact) mass is 1400 g/mol. The minimum Gasteiger partial charge on any atom is -0.457 e. The number of fused-ring (bicyclic) bond motifs is 19. The first-order valence-electron chi connectivity index (χ1n) is 37.3. The highest BCUT2D eigenvalue weighted by Gasteiger charge is 2.53. The highest BCUT2D eigenvalue weighted by molar-refractivity contribution is 6.04. The van der Waals surface area contributed by atoms with Crippen molar-refractivity contribution in [3.05, 3.63) is 421 Å². The molecule has 0 radical (unpaired) electrons. The minimum absolute atomic E-state index is 0.501. The van der Waals surface area contributed by atoms with Gasteiger partial charge in [0.1, 0.15) is 23.0 Å². The van der Waals surface area contributed by atoms with Gasteiger partial charge < -0.3 is 9.47 Å². The first kappa shape index (κ1) is 62.7. The molecule has 0 fully saturated rings. The second-order valence-electron chi connectivity index (χ2n) is 28.7. The van der Waals surface area contributed by atoms with E-state index in [9.17, 15) is 0 Å². The van der Waals surface area contributed by atoms with E-state index in [1.54, 1.807) is 0 Å². The Morgan fingerprint density at radius 1 is 0.173 bits per heavy atom. The Morgan fingerprint density at radius 2 is 0.455 bits per heavy atom. The standard InChI is InChI=1S/C102H62N6O2/c1-3-22-69(23-4-1)95-103-97(71-49-43-64(44-50-71)63-39-41-67(42-40-63)74-56-59-88-92(61-74)109-90-37-19-17-35-86(90)101(88)82-31-13-9-27-78(82)79-28-10-14-32-83(79)101)106-98(104-95)72-51-45-65(46-52-72)66-47-53-73(54-48-66)99-105-96(70-24-5-2-6-25-70)107-100(108-99)94-76-26-8-7-21-68(76)55-58-77(94)75-57-60-89-93(62-75)110-91-38-20-18-36-87(91)102(89)84-33-15-11-29-80(84)81-30-12-16-34-85(81)102/h1-62H. The average molecular weight is 1400 g/mol. The van der Waals surface area contributed by atoms with Crippen molar-refractivity contribution in [2.24, 2.45) is 0 Å². The van der Waals surface area contributed by atoms with Crippen molar-refractivity contribution >= 4 is 10.8 Å². The average Bonchev–Trinajstić information content (AvgIpc) is 1.50. The second-order valence-corrected chi connectivity index (χ2v) is 28.7. The van der Waals surface area contributed by atoms with E-state index in [1.165, 1.54) is 44.5 Å². The van der Waals surface area contributed by atoms with E-state index < -0.39 is 10.8 Å². The van der Waals surface area contributed by atoms with Crippen LogP contribution in [-0.4, -0.2) is 29.9 Å². The number of ether oxygens (including phenoxy) is 2. The van der Waals surface area contributed by atoms with Crippen molar-refractivity contribution in [3.8, 4) is 158 Å². The van der Waals surface area contributed by atoms with E-state index in [2.05, 4.69) is 328 Å². The zero-order chi connectivity index (χ0) is 72.4. The van der Waals surface area contributed by atoms with Crippen molar-refractivity contribution in [3.63, 3.8) is 0 Å². The molecule has 8 heteroatoms. The molecule has 0 amide bonds. The molecule has 0 bridgehead atoms. The van der Waals surface area contributed by atoms with Crippen LogP contribution in [0.3, 0.4) is 0 Å². The maximum Gasteiger partial charge on any atom is 0.165 e. The van der Waals surface area contributed by atoms with Gasteiger partial charge in [0, 0.05) is 55.6 Å². The molecule has 0 N–H and O–H groups in total. The summed E-state index contributed by atoms with van der Waals surface area (Å²) in [6.45, 7) is 0. The summed E-state index contributed by atoms with van der Waals surface area (Å²) in [5.41, 5.74) is 27.2. The van der Waals surface area contributed by atoms with Gasteiger partial charge >= 0.3 is 0 Å². The Labute approximate surface area is 635 Å². The van der Waals surface area contributed by atoms with Gasteiger partial charge in [-0.1, -0.05) is 352 Å². The van der Waals surface area contributed by atoms with Crippen LogP contribution in [0.4, 0.5) is 0 Å². The lowest BCUT2D eigenvalue weighted by Gasteiger charge is -2.39. The van der Waals surface area contributed by atoms with Gasteiger partial charge in [0.25, 0.3) is 0 Å². The highest BCUT2D eigenvalue weighted by atomic mass is 16.5. The van der Waals surface area contributed by atoms with Crippen LogP contribution < -0.4 is 9.47 Å². The third-order valence-corrected chi connectivity index (χ3v) is 22.8. The van der Waals surface area contributed by atoms with Crippen LogP contribution in [0, 0.1) is 0 Å². The Hall–Kier alpha value is -14.6. The van der Waals surface area contributed by atoms with E-state index in [4.69, 9.17) is 39.4 Å². The zero-order valence-corrected chi connectivity index (χ0v) is 59.3. The van der Waals surface area contributed by atoms with Gasteiger partial charge in [-0.3, -0.25) is 0 Å². The first-order valence-corrected chi connectivity index (χ1v) is 37.3. The molecule has 0 unspecified atom stereocenters. The van der Waals surface area contributed by atoms with Crippen molar-refractivity contribution in [2.75, 3.05) is 0 Å².